The summed E-state index contributed by atoms with van der Waals surface area (Å²) in [6, 6.07) is 1.52. The van der Waals surface area contributed by atoms with Crippen molar-refractivity contribution in [1.29, 1.82) is 0 Å². The first kappa shape index (κ1) is 12.3. The predicted molar refractivity (Wildman–Crippen MR) is 68.1 cm³/mol. The van der Waals surface area contributed by atoms with Crippen LogP contribution in [-0.2, 0) is 11.8 Å². The largest absolute Gasteiger partial charge is 0.321 e. The molecule has 0 radical (unpaired) electrons. The van der Waals surface area contributed by atoms with Crippen LogP contribution in [0.2, 0.25) is 0 Å². The summed E-state index contributed by atoms with van der Waals surface area (Å²) in [5, 5.41) is 11.1. The monoisotopic (exact) mass is 247 g/mol. The van der Waals surface area contributed by atoms with Gasteiger partial charge in [0.2, 0.25) is 5.91 Å². The van der Waals surface area contributed by atoms with Crippen LogP contribution in [0.1, 0.15) is 25.1 Å². The van der Waals surface area contributed by atoms with Crippen LogP contribution in [0.25, 0.3) is 0 Å². The van der Waals surface area contributed by atoms with Crippen LogP contribution in [0.4, 0.5) is 5.69 Å². The maximum Gasteiger partial charge on any atom is 0.249 e. The van der Waals surface area contributed by atoms with E-state index in [2.05, 4.69) is 15.5 Å². The van der Waals surface area contributed by atoms with Crippen molar-refractivity contribution in [3.05, 3.63) is 30.4 Å². The number of carbonyl (C=O) groups is 1. The van der Waals surface area contributed by atoms with Gasteiger partial charge in [-0.3, -0.25) is 14.2 Å². The highest BCUT2D eigenvalue weighted by molar-refractivity contribution is 5.93. The molecule has 1 amide bonds. The van der Waals surface area contributed by atoms with E-state index in [1.807, 2.05) is 27.0 Å². The zero-order valence-corrected chi connectivity index (χ0v) is 10.8. The molecule has 6 heteroatoms. The molecule has 2 rings (SSSR count). The first-order valence-electron chi connectivity index (χ1n) is 5.92. The average Bonchev–Trinajstić information content (AvgIpc) is 2.96. The Kier molecular flexibility index (Phi) is 3.45. The van der Waals surface area contributed by atoms with Gasteiger partial charge in [-0.25, -0.2) is 0 Å². The van der Waals surface area contributed by atoms with E-state index in [0.29, 0.717) is 6.42 Å². The molecule has 2 aromatic rings. The first-order chi connectivity index (χ1) is 8.63. The SMILES string of the molecule is CCC(C(=O)Nc1cnn(C)c1C)n1cccn1. The van der Waals surface area contributed by atoms with Crippen LogP contribution >= 0.6 is 0 Å². The van der Waals surface area contributed by atoms with Gasteiger partial charge in [0.15, 0.2) is 0 Å². The summed E-state index contributed by atoms with van der Waals surface area (Å²) in [7, 11) is 1.84. The van der Waals surface area contributed by atoms with Crippen LogP contribution in [0.3, 0.4) is 0 Å². The smallest absolute Gasteiger partial charge is 0.249 e. The van der Waals surface area contributed by atoms with Gasteiger partial charge in [-0.2, -0.15) is 10.2 Å². The van der Waals surface area contributed by atoms with Crippen molar-refractivity contribution in [2.24, 2.45) is 7.05 Å². The molecule has 0 saturated carbocycles. The van der Waals surface area contributed by atoms with Crippen LogP contribution in [-0.4, -0.2) is 25.5 Å². The van der Waals surface area contributed by atoms with E-state index < -0.39 is 0 Å². The zero-order valence-electron chi connectivity index (χ0n) is 10.8. The van der Waals surface area contributed by atoms with E-state index in [-0.39, 0.29) is 11.9 Å². The van der Waals surface area contributed by atoms with E-state index in [1.165, 1.54) is 0 Å². The van der Waals surface area contributed by atoms with Crippen molar-refractivity contribution in [2.45, 2.75) is 26.3 Å². The summed E-state index contributed by atoms with van der Waals surface area (Å²) >= 11 is 0. The standard InChI is InChI=1S/C12H17N5O/c1-4-11(17-7-5-6-13-17)12(18)15-10-8-14-16(3)9(10)2/h5-8,11H,4H2,1-3H3,(H,15,18). The van der Waals surface area contributed by atoms with Crippen molar-refractivity contribution in [3.8, 4) is 0 Å². The number of amides is 1. The number of anilines is 1. The molecule has 0 bridgehead atoms. The highest BCUT2D eigenvalue weighted by Gasteiger charge is 2.19. The minimum absolute atomic E-state index is 0.0719. The summed E-state index contributed by atoms with van der Waals surface area (Å²) < 4.78 is 3.39. The fourth-order valence-electron chi connectivity index (χ4n) is 1.80. The van der Waals surface area contributed by atoms with E-state index in [1.54, 1.807) is 28.0 Å². The minimum atomic E-state index is -0.292. The van der Waals surface area contributed by atoms with Gasteiger partial charge in [-0.05, 0) is 19.4 Å². The first-order valence-corrected chi connectivity index (χ1v) is 5.92. The molecule has 6 nitrogen and oxygen atoms in total. The number of rotatable bonds is 4. The number of hydrogen-bond acceptors (Lipinski definition) is 3. The highest BCUT2D eigenvalue weighted by atomic mass is 16.2. The lowest BCUT2D eigenvalue weighted by molar-refractivity contribution is -0.119. The lowest BCUT2D eigenvalue weighted by atomic mass is 10.2. The molecule has 1 N–H and O–H groups in total. The fourth-order valence-corrected chi connectivity index (χ4v) is 1.80. The molecule has 0 aromatic carbocycles. The van der Waals surface area contributed by atoms with E-state index in [0.717, 1.165) is 11.4 Å². The Morgan fingerprint density at radius 2 is 2.28 bits per heavy atom. The topological polar surface area (TPSA) is 64.7 Å². The Hall–Kier alpha value is -2.11. The minimum Gasteiger partial charge on any atom is -0.321 e. The van der Waals surface area contributed by atoms with Crippen LogP contribution < -0.4 is 5.32 Å². The Morgan fingerprint density at radius 3 is 2.78 bits per heavy atom. The number of nitrogens with one attached hydrogen (secondary N) is 1. The van der Waals surface area contributed by atoms with Gasteiger partial charge in [-0.15, -0.1) is 0 Å². The molecule has 0 aliphatic rings. The molecule has 96 valence electrons. The van der Waals surface area contributed by atoms with Crippen molar-refractivity contribution in [3.63, 3.8) is 0 Å². The summed E-state index contributed by atoms with van der Waals surface area (Å²) in [6.07, 6.45) is 5.81. The van der Waals surface area contributed by atoms with Crippen LogP contribution in [0.15, 0.2) is 24.7 Å². The lowest BCUT2D eigenvalue weighted by Crippen LogP contribution is -2.26. The molecule has 2 heterocycles. The molecule has 0 spiro atoms. The van der Waals surface area contributed by atoms with E-state index >= 15 is 0 Å². The quantitative estimate of drug-likeness (QED) is 0.890. The van der Waals surface area contributed by atoms with Crippen LogP contribution in [0, 0.1) is 6.92 Å². The van der Waals surface area contributed by atoms with Gasteiger partial charge in [0, 0.05) is 19.4 Å². The Bertz CT molecular complexity index is 529. The second-order valence-corrected chi connectivity index (χ2v) is 4.17. The molecule has 18 heavy (non-hydrogen) atoms. The number of nitrogens with zero attached hydrogens (tertiary/aromatic N) is 4. The predicted octanol–water partition coefficient (Wildman–Crippen LogP) is 1.51. The van der Waals surface area contributed by atoms with Gasteiger partial charge in [0.1, 0.15) is 6.04 Å². The number of carbonyl (C=O) groups excluding carboxylic acids is 1. The van der Waals surface area contributed by atoms with Crippen molar-refractivity contribution >= 4 is 11.6 Å². The second-order valence-electron chi connectivity index (χ2n) is 4.17. The van der Waals surface area contributed by atoms with E-state index in [4.69, 9.17) is 0 Å². The van der Waals surface area contributed by atoms with Crippen molar-refractivity contribution in [1.82, 2.24) is 19.6 Å². The highest BCUT2D eigenvalue weighted by Crippen LogP contribution is 2.16. The Balaban J connectivity index is 2.14. The zero-order chi connectivity index (χ0) is 13.1. The fraction of sp³-hybridized carbons (Fsp3) is 0.417. The maximum absolute atomic E-state index is 12.2. The lowest BCUT2D eigenvalue weighted by Gasteiger charge is -2.15. The summed E-state index contributed by atoms with van der Waals surface area (Å²) in [5.41, 5.74) is 1.67. The third-order valence-electron chi connectivity index (χ3n) is 3.03. The molecule has 0 aliphatic carbocycles. The molecular weight excluding hydrogens is 230 g/mol. The molecule has 1 atom stereocenters. The van der Waals surface area contributed by atoms with Crippen molar-refractivity contribution < 1.29 is 4.79 Å². The normalized spacial score (nSPS) is 12.4. The molecular formula is C12H17N5O. The Morgan fingerprint density at radius 1 is 1.50 bits per heavy atom. The summed E-state index contributed by atoms with van der Waals surface area (Å²) in [6.45, 7) is 3.87. The summed E-state index contributed by atoms with van der Waals surface area (Å²) in [5.74, 6) is -0.0719. The molecule has 2 aromatic heterocycles. The van der Waals surface area contributed by atoms with Crippen molar-refractivity contribution in [2.75, 3.05) is 5.32 Å². The number of aryl methyl sites for hydroxylation is 1. The molecule has 0 aliphatic heterocycles. The molecule has 0 fully saturated rings. The second kappa shape index (κ2) is 5.03. The number of aromatic nitrogens is 4. The molecule has 0 saturated heterocycles. The average molecular weight is 247 g/mol. The summed E-state index contributed by atoms with van der Waals surface area (Å²) in [4.78, 5) is 12.2. The third kappa shape index (κ3) is 2.27. The van der Waals surface area contributed by atoms with Gasteiger partial charge < -0.3 is 5.32 Å². The van der Waals surface area contributed by atoms with Gasteiger partial charge in [-0.1, -0.05) is 6.92 Å². The van der Waals surface area contributed by atoms with Gasteiger partial charge in [0.25, 0.3) is 0 Å². The van der Waals surface area contributed by atoms with Gasteiger partial charge >= 0.3 is 0 Å². The van der Waals surface area contributed by atoms with Gasteiger partial charge in [0.05, 0.1) is 17.6 Å². The van der Waals surface area contributed by atoms with E-state index in [9.17, 15) is 4.79 Å². The maximum atomic E-state index is 12.2. The third-order valence-corrected chi connectivity index (χ3v) is 3.03. The van der Waals surface area contributed by atoms with Crippen LogP contribution in [0.5, 0.6) is 0 Å². The number of hydrogen-bond donors (Lipinski definition) is 1. The molecule has 1 unspecified atom stereocenters. The Labute approximate surface area is 106 Å².